The van der Waals surface area contributed by atoms with Crippen LogP contribution in [0.3, 0.4) is 0 Å². The lowest BCUT2D eigenvalue weighted by Gasteiger charge is -2.06. The Labute approximate surface area is 101 Å². The molecule has 0 unspecified atom stereocenters. The fourth-order valence-electron chi connectivity index (χ4n) is 1.41. The minimum Gasteiger partial charge on any atom is -0.381 e. The van der Waals surface area contributed by atoms with E-state index in [1.807, 2.05) is 7.05 Å². The molecule has 0 heterocycles. The SMILES string of the molecule is CNCCCOCCCOCCCC(C)C. The summed E-state index contributed by atoms with van der Waals surface area (Å²) in [5.74, 6) is 0.791. The fraction of sp³-hybridized carbons (Fsp3) is 1.00. The molecule has 0 spiro atoms. The zero-order valence-electron chi connectivity index (χ0n) is 11.3. The second kappa shape index (κ2) is 12.9. The Bertz CT molecular complexity index is 129. The van der Waals surface area contributed by atoms with Crippen molar-refractivity contribution in [3.8, 4) is 0 Å². The fourth-order valence-corrected chi connectivity index (χ4v) is 1.41. The van der Waals surface area contributed by atoms with Crippen molar-refractivity contribution >= 4 is 0 Å². The van der Waals surface area contributed by atoms with Gasteiger partial charge in [-0.3, -0.25) is 0 Å². The second-order valence-electron chi connectivity index (χ2n) is 4.57. The smallest absolute Gasteiger partial charge is 0.0487 e. The summed E-state index contributed by atoms with van der Waals surface area (Å²) in [6, 6.07) is 0. The molecular weight excluding hydrogens is 202 g/mol. The highest BCUT2D eigenvalue weighted by Crippen LogP contribution is 2.03. The lowest BCUT2D eigenvalue weighted by molar-refractivity contribution is 0.0796. The first-order valence-corrected chi connectivity index (χ1v) is 6.57. The monoisotopic (exact) mass is 231 g/mol. The van der Waals surface area contributed by atoms with Crippen molar-refractivity contribution in [2.24, 2.45) is 5.92 Å². The van der Waals surface area contributed by atoms with Crippen LogP contribution < -0.4 is 5.32 Å². The average molecular weight is 231 g/mol. The Morgan fingerprint density at radius 1 is 0.875 bits per heavy atom. The summed E-state index contributed by atoms with van der Waals surface area (Å²) < 4.78 is 11.0. The predicted molar refractivity (Wildman–Crippen MR) is 68.9 cm³/mol. The summed E-state index contributed by atoms with van der Waals surface area (Å²) in [7, 11) is 1.96. The van der Waals surface area contributed by atoms with Crippen LogP contribution in [0.4, 0.5) is 0 Å². The summed E-state index contributed by atoms with van der Waals surface area (Å²) in [5, 5.41) is 3.10. The first kappa shape index (κ1) is 15.9. The molecule has 0 aromatic carbocycles. The molecule has 0 rings (SSSR count). The summed E-state index contributed by atoms with van der Waals surface area (Å²) in [6.45, 7) is 8.95. The molecule has 0 aliphatic heterocycles. The van der Waals surface area contributed by atoms with Crippen LogP contribution in [-0.2, 0) is 9.47 Å². The van der Waals surface area contributed by atoms with Crippen molar-refractivity contribution in [3.05, 3.63) is 0 Å². The molecule has 0 radical (unpaired) electrons. The van der Waals surface area contributed by atoms with E-state index in [2.05, 4.69) is 19.2 Å². The van der Waals surface area contributed by atoms with E-state index in [0.29, 0.717) is 0 Å². The minimum absolute atomic E-state index is 0.791. The van der Waals surface area contributed by atoms with E-state index in [-0.39, 0.29) is 0 Å². The zero-order chi connectivity index (χ0) is 12.1. The van der Waals surface area contributed by atoms with Crippen LogP contribution in [0.2, 0.25) is 0 Å². The van der Waals surface area contributed by atoms with Crippen molar-refractivity contribution in [2.45, 2.75) is 39.5 Å². The second-order valence-corrected chi connectivity index (χ2v) is 4.57. The zero-order valence-corrected chi connectivity index (χ0v) is 11.3. The molecule has 0 aliphatic rings. The van der Waals surface area contributed by atoms with Crippen molar-refractivity contribution in [1.82, 2.24) is 5.32 Å². The number of rotatable bonds is 12. The van der Waals surface area contributed by atoms with Crippen LogP contribution >= 0.6 is 0 Å². The maximum absolute atomic E-state index is 5.52. The van der Waals surface area contributed by atoms with E-state index in [0.717, 1.165) is 51.7 Å². The normalized spacial score (nSPS) is 11.2. The molecule has 0 saturated carbocycles. The predicted octanol–water partition coefficient (Wildman–Crippen LogP) is 2.46. The number of hydrogen-bond donors (Lipinski definition) is 1. The highest BCUT2D eigenvalue weighted by molar-refractivity contribution is 4.45. The Kier molecular flexibility index (Phi) is 12.9. The van der Waals surface area contributed by atoms with Crippen LogP contribution in [0.1, 0.15) is 39.5 Å². The van der Waals surface area contributed by atoms with Crippen LogP contribution in [0.25, 0.3) is 0 Å². The molecule has 1 N–H and O–H groups in total. The van der Waals surface area contributed by atoms with Gasteiger partial charge < -0.3 is 14.8 Å². The van der Waals surface area contributed by atoms with Crippen LogP contribution in [0, 0.1) is 5.92 Å². The van der Waals surface area contributed by atoms with Gasteiger partial charge in [0.1, 0.15) is 0 Å². The minimum atomic E-state index is 0.791. The Hall–Kier alpha value is -0.120. The topological polar surface area (TPSA) is 30.5 Å². The van der Waals surface area contributed by atoms with Gasteiger partial charge in [-0.15, -0.1) is 0 Å². The van der Waals surface area contributed by atoms with Gasteiger partial charge >= 0.3 is 0 Å². The molecule has 0 atom stereocenters. The number of hydrogen-bond acceptors (Lipinski definition) is 3. The molecule has 0 aromatic rings. The van der Waals surface area contributed by atoms with Gasteiger partial charge in [0, 0.05) is 26.4 Å². The van der Waals surface area contributed by atoms with E-state index < -0.39 is 0 Å². The maximum Gasteiger partial charge on any atom is 0.0487 e. The third kappa shape index (κ3) is 13.9. The lowest BCUT2D eigenvalue weighted by atomic mass is 10.1. The average Bonchev–Trinajstić information content (AvgIpc) is 2.25. The largest absolute Gasteiger partial charge is 0.381 e. The van der Waals surface area contributed by atoms with Crippen LogP contribution in [0.15, 0.2) is 0 Å². The van der Waals surface area contributed by atoms with Crippen LogP contribution in [-0.4, -0.2) is 40.0 Å². The van der Waals surface area contributed by atoms with Crippen molar-refractivity contribution in [3.63, 3.8) is 0 Å². The van der Waals surface area contributed by atoms with E-state index in [9.17, 15) is 0 Å². The van der Waals surface area contributed by atoms with Crippen molar-refractivity contribution in [1.29, 1.82) is 0 Å². The first-order chi connectivity index (χ1) is 7.77. The maximum atomic E-state index is 5.52. The summed E-state index contributed by atoms with van der Waals surface area (Å²) >= 11 is 0. The molecule has 3 nitrogen and oxygen atoms in total. The van der Waals surface area contributed by atoms with E-state index in [4.69, 9.17) is 9.47 Å². The third-order valence-electron chi connectivity index (χ3n) is 2.36. The molecule has 0 amide bonds. The van der Waals surface area contributed by atoms with Gasteiger partial charge in [0.15, 0.2) is 0 Å². The molecular formula is C13H29NO2. The standard InChI is InChI=1S/C13H29NO2/c1-13(2)7-4-9-15-11-6-12-16-10-5-8-14-3/h13-14H,4-12H2,1-3H3. The van der Waals surface area contributed by atoms with Crippen LogP contribution in [0.5, 0.6) is 0 Å². The third-order valence-corrected chi connectivity index (χ3v) is 2.36. The van der Waals surface area contributed by atoms with E-state index >= 15 is 0 Å². The summed E-state index contributed by atoms with van der Waals surface area (Å²) in [4.78, 5) is 0. The molecule has 98 valence electrons. The molecule has 3 heteroatoms. The Morgan fingerprint density at radius 3 is 2.00 bits per heavy atom. The van der Waals surface area contributed by atoms with Gasteiger partial charge in [0.25, 0.3) is 0 Å². The molecule has 16 heavy (non-hydrogen) atoms. The van der Waals surface area contributed by atoms with Crippen molar-refractivity contribution in [2.75, 3.05) is 40.0 Å². The summed E-state index contributed by atoms with van der Waals surface area (Å²) in [6.07, 6.45) is 4.55. The Balaban J connectivity index is 2.88. The molecule has 0 bridgehead atoms. The molecule has 0 aromatic heterocycles. The molecule has 0 aliphatic carbocycles. The highest BCUT2D eigenvalue weighted by Gasteiger charge is 1.94. The van der Waals surface area contributed by atoms with Crippen molar-refractivity contribution < 1.29 is 9.47 Å². The van der Waals surface area contributed by atoms with E-state index in [1.54, 1.807) is 0 Å². The number of ether oxygens (including phenoxy) is 2. The molecule has 0 fully saturated rings. The van der Waals surface area contributed by atoms with Gasteiger partial charge in [0.05, 0.1) is 0 Å². The van der Waals surface area contributed by atoms with E-state index in [1.165, 1.54) is 12.8 Å². The highest BCUT2D eigenvalue weighted by atomic mass is 16.5. The quantitative estimate of drug-likeness (QED) is 0.523. The van der Waals surface area contributed by atoms with Gasteiger partial charge in [-0.2, -0.15) is 0 Å². The lowest BCUT2D eigenvalue weighted by Crippen LogP contribution is -2.11. The summed E-state index contributed by atoms with van der Waals surface area (Å²) in [5.41, 5.74) is 0. The van der Waals surface area contributed by atoms with Gasteiger partial charge in [-0.25, -0.2) is 0 Å². The first-order valence-electron chi connectivity index (χ1n) is 6.57. The molecule has 0 saturated heterocycles. The number of nitrogens with one attached hydrogen (secondary N) is 1. The van der Waals surface area contributed by atoms with Gasteiger partial charge in [-0.05, 0) is 45.2 Å². The Morgan fingerprint density at radius 2 is 1.44 bits per heavy atom. The van der Waals surface area contributed by atoms with Gasteiger partial charge in [0.2, 0.25) is 0 Å². The van der Waals surface area contributed by atoms with Gasteiger partial charge in [-0.1, -0.05) is 13.8 Å².